The molecule has 5 nitrogen and oxygen atoms in total. The molecule has 0 spiro atoms. The molecule has 0 unspecified atom stereocenters. The first kappa shape index (κ1) is 11.7. The Morgan fingerprint density at radius 2 is 2.29 bits per heavy atom. The Labute approximate surface area is 102 Å². The molecule has 0 aliphatic carbocycles. The van der Waals surface area contributed by atoms with E-state index >= 15 is 0 Å². The maximum Gasteiger partial charge on any atom is 0.417 e. The molecule has 0 saturated carbocycles. The van der Waals surface area contributed by atoms with Crippen molar-refractivity contribution >= 4 is 28.1 Å². The molecule has 1 aromatic carbocycles. The summed E-state index contributed by atoms with van der Waals surface area (Å²) >= 11 is 5.32. The van der Waals surface area contributed by atoms with Crippen LogP contribution >= 0.6 is 11.6 Å². The number of carbonyl (C=O) groups excluding carboxylic acids is 1. The van der Waals surface area contributed by atoms with Crippen molar-refractivity contribution in [1.29, 1.82) is 0 Å². The molecular weight excluding hydrogens is 244 g/mol. The highest BCUT2D eigenvalue weighted by Gasteiger charge is 2.06. The lowest BCUT2D eigenvalue weighted by molar-refractivity contribution is 0.232. The van der Waals surface area contributed by atoms with Gasteiger partial charge in [-0.15, -0.1) is 0 Å². The van der Waals surface area contributed by atoms with Gasteiger partial charge in [0.15, 0.2) is 5.58 Å². The lowest BCUT2D eigenvalue weighted by Crippen LogP contribution is -2.23. The Bertz CT molecular complexity index is 602. The minimum atomic E-state index is -0.484. The first-order valence-electron chi connectivity index (χ1n) is 5.08. The number of hydrogen-bond donors (Lipinski definition) is 1. The highest BCUT2D eigenvalue weighted by atomic mass is 35.5. The van der Waals surface area contributed by atoms with Crippen LogP contribution < -0.4 is 5.76 Å². The fourth-order valence-electron chi connectivity index (χ4n) is 1.54. The molecule has 0 aliphatic heterocycles. The summed E-state index contributed by atoms with van der Waals surface area (Å²) in [4.78, 5) is 25.8. The van der Waals surface area contributed by atoms with E-state index in [0.29, 0.717) is 24.1 Å². The SMILES string of the molecule is CN(CCc1ccc2oc(=O)[nH]c2c1)C(=O)Cl. The van der Waals surface area contributed by atoms with Gasteiger partial charge in [-0.05, 0) is 35.7 Å². The first-order valence-corrected chi connectivity index (χ1v) is 5.46. The highest BCUT2D eigenvalue weighted by molar-refractivity contribution is 6.62. The van der Waals surface area contributed by atoms with Gasteiger partial charge < -0.3 is 9.32 Å². The molecule has 90 valence electrons. The quantitative estimate of drug-likeness (QED) is 0.673. The zero-order valence-corrected chi connectivity index (χ0v) is 9.95. The van der Waals surface area contributed by atoms with Gasteiger partial charge in [0, 0.05) is 13.6 Å². The predicted molar refractivity (Wildman–Crippen MR) is 64.4 cm³/mol. The molecule has 0 fully saturated rings. The smallest absolute Gasteiger partial charge is 0.408 e. The summed E-state index contributed by atoms with van der Waals surface area (Å²) in [5.74, 6) is -0.467. The van der Waals surface area contributed by atoms with Crippen LogP contribution in [0.1, 0.15) is 5.56 Å². The summed E-state index contributed by atoms with van der Waals surface area (Å²) in [5.41, 5.74) is 2.19. The van der Waals surface area contributed by atoms with Crippen molar-refractivity contribution in [2.24, 2.45) is 0 Å². The number of rotatable bonds is 3. The largest absolute Gasteiger partial charge is 0.417 e. The second-order valence-corrected chi connectivity index (χ2v) is 4.09. The van der Waals surface area contributed by atoms with Gasteiger partial charge in [0.25, 0.3) is 0 Å². The van der Waals surface area contributed by atoms with E-state index < -0.39 is 11.1 Å². The number of aromatic amines is 1. The third kappa shape index (κ3) is 2.68. The van der Waals surface area contributed by atoms with Gasteiger partial charge in [-0.25, -0.2) is 4.79 Å². The number of aromatic nitrogens is 1. The van der Waals surface area contributed by atoms with Crippen LogP contribution in [-0.4, -0.2) is 28.8 Å². The monoisotopic (exact) mass is 254 g/mol. The summed E-state index contributed by atoms with van der Waals surface area (Å²) in [6.45, 7) is 0.524. The molecule has 2 rings (SSSR count). The number of amides is 1. The van der Waals surface area contributed by atoms with Crippen molar-refractivity contribution in [3.8, 4) is 0 Å². The number of hydrogen-bond acceptors (Lipinski definition) is 3. The van der Waals surface area contributed by atoms with Gasteiger partial charge >= 0.3 is 11.1 Å². The summed E-state index contributed by atoms with van der Waals surface area (Å²) in [6, 6.07) is 5.41. The van der Waals surface area contributed by atoms with Gasteiger partial charge in [-0.1, -0.05) is 6.07 Å². The summed E-state index contributed by atoms with van der Waals surface area (Å²) in [5, 5.41) is -0.484. The molecule has 0 saturated heterocycles. The number of H-pyrrole nitrogens is 1. The molecule has 17 heavy (non-hydrogen) atoms. The minimum Gasteiger partial charge on any atom is -0.408 e. The highest BCUT2D eigenvalue weighted by Crippen LogP contribution is 2.13. The molecule has 0 aliphatic rings. The third-order valence-corrected chi connectivity index (χ3v) is 2.81. The zero-order chi connectivity index (χ0) is 12.4. The van der Waals surface area contributed by atoms with Gasteiger partial charge in [0.05, 0.1) is 5.52 Å². The van der Waals surface area contributed by atoms with Gasteiger partial charge in [-0.3, -0.25) is 9.78 Å². The molecule has 0 radical (unpaired) electrons. The summed E-state index contributed by atoms with van der Waals surface area (Å²) < 4.78 is 4.89. The number of halogens is 1. The summed E-state index contributed by atoms with van der Waals surface area (Å²) in [7, 11) is 1.63. The van der Waals surface area contributed by atoms with Crippen LogP contribution in [0.4, 0.5) is 4.79 Å². The Balaban J connectivity index is 2.14. The molecule has 0 bridgehead atoms. The number of likely N-dealkylation sites (N-methyl/N-ethyl adjacent to an activating group) is 1. The van der Waals surface area contributed by atoms with Gasteiger partial charge in [0.1, 0.15) is 0 Å². The van der Waals surface area contributed by atoms with Crippen LogP contribution in [0.15, 0.2) is 27.4 Å². The molecule has 0 atom stereocenters. The molecular formula is C11H11ClN2O3. The minimum absolute atomic E-state index is 0.467. The fourth-order valence-corrected chi connectivity index (χ4v) is 1.62. The molecule has 6 heteroatoms. The molecule has 1 heterocycles. The van der Waals surface area contributed by atoms with Crippen LogP contribution in [0.5, 0.6) is 0 Å². The Kier molecular flexibility index (Phi) is 3.19. The second-order valence-electron chi connectivity index (χ2n) is 3.77. The van der Waals surface area contributed by atoms with Crippen LogP contribution in [0, 0.1) is 0 Å². The Hall–Kier alpha value is -1.75. The van der Waals surface area contributed by atoms with Crippen molar-refractivity contribution < 1.29 is 9.21 Å². The fraction of sp³-hybridized carbons (Fsp3) is 0.273. The maximum atomic E-state index is 11.0. The number of carbonyl (C=O) groups is 1. The normalized spacial score (nSPS) is 10.7. The van der Waals surface area contributed by atoms with E-state index in [2.05, 4.69) is 4.98 Å². The topological polar surface area (TPSA) is 66.3 Å². The summed E-state index contributed by atoms with van der Waals surface area (Å²) in [6.07, 6.45) is 0.665. The number of oxazole rings is 1. The van der Waals surface area contributed by atoms with E-state index in [0.717, 1.165) is 5.56 Å². The Morgan fingerprint density at radius 1 is 1.53 bits per heavy atom. The van der Waals surface area contributed by atoms with Gasteiger partial charge in [-0.2, -0.15) is 0 Å². The van der Waals surface area contributed by atoms with E-state index in [9.17, 15) is 9.59 Å². The van der Waals surface area contributed by atoms with E-state index in [1.54, 1.807) is 13.1 Å². The molecule has 1 aromatic heterocycles. The van der Waals surface area contributed by atoms with Crippen molar-refractivity contribution in [2.45, 2.75) is 6.42 Å². The molecule has 1 amide bonds. The standard InChI is InChI=1S/C11H11ClN2O3/c1-14(10(12)15)5-4-7-2-3-9-8(6-7)13-11(16)17-9/h2-3,6H,4-5H2,1H3,(H,13,16). The number of fused-ring (bicyclic) bond motifs is 1. The zero-order valence-electron chi connectivity index (χ0n) is 9.20. The van der Waals surface area contributed by atoms with Crippen LogP contribution in [0.3, 0.4) is 0 Å². The molecule has 2 aromatic rings. The number of nitrogens with one attached hydrogen (secondary N) is 1. The second kappa shape index (κ2) is 4.63. The van der Waals surface area contributed by atoms with E-state index in [4.69, 9.17) is 16.0 Å². The van der Waals surface area contributed by atoms with E-state index in [1.807, 2.05) is 12.1 Å². The average Bonchev–Trinajstić information content (AvgIpc) is 2.64. The van der Waals surface area contributed by atoms with E-state index in [-0.39, 0.29) is 0 Å². The number of benzene rings is 1. The first-order chi connectivity index (χ1) is 8.06. The van der Waals surface area contributed by atoms with Crippen molar-refractivity contribution in [1.82, 2.24) is 9.88 Å². The maximum absolute atomic E-state index is 11.0. The third-order valence-electron chi connectivity index (χ3n) is 2.52. The molecule has 1 N–H and O–H groups in total. The van der Waals surface area contributed by atoms with E-state index in [1.165, 1.54) is 4.90 Å². The lowest BCUT2D eigenvalue weighted by Gasteiger charge is -2.12. The van der Waals surface area contributed by atoms with Crippen LogP contribution in [0.25, 0.3) is 11.1 Å². The van der Waals surface area contributed by atoms with Crippen LogP contribution in [-0.2, 0) is 6.42 Å². The predicted octanol–water partition coefficient (Wildman–Crippen LogP) is 1.95. The van der Waals surface area contributed by atoms with Crippen molar-refractivity contribution in [3.05, 3.63) is 34.3 Å². The Morgan fingerprint density at radius 3 is 3.00 bits per heavy atom. The van der Waals surface area contributed by atoms with Crippen LogP contribution in [0.2, 0.25) is 0 Å². The van der Waals surface area contributed by atoms with Gasteiger partial charge in [0.2, 0.25) is 0 Å². The average molecular weight is 255 g/mol. The lowest BCUT2D eigenvalue weighted by atomic mass is 10.1. The number of nitrogens with zero attached hydrogens (tertiary/aromatic N) is 1. The van der Waals surface area contributed by atoms with Crippen molar-refractivity contribution in [3.63, 3.8) is 0 Å². The van der Waals surface area contributed by atoms with Crippen molar-refractivity contribution in [2.75, 3.05) is 13.6 Å².